The average molecular weight is 299 g/mol. The van der Waals surface area contributed by atoms with Gasteiger partial charge < -0.3 is 10.6 Å². The molecule has 0 aromatic heterocycles. The van der Waals surface area contributed by atoms with Crippen LogP contribution in [0.3, 0.4) is 0 Å². The van der Waals surface area contributed by atoms with Gasteiger partial charge >= 0.3 is 0 Å². The third-order valence-corrected chi connectivity index (χ3v) is 4.39. The summed E-state index contributed by atoms with van der Waals surface area (Å²) in [4.78, 5) is 12.4. The lowest BCUT2D eigenvalue weighted by Gasteiger charge is -2.36. The number of amides is 1. The molecule has 0 spiro atoms. The predicted octanol–water partition coefficient (Wildman–Crippen LogP) is 3.44. The van der Waals surface area contributed by atoms with Crippen molar-refractivity contribution in [1.29, 1.82) is 0 Å². The van der Waals surface area contributed by atoms with Crippen LogP contribution in [0.1, 0.15) is 26.7 Å². The Morgan fingerprint density at radius 1 is 1.50 bits per heavy atom. The van der Waals surface area contributed by atoms with Crippen LogP contribution in [0.15, 0.2) is 18.2 Å². The second kappa shape index (κ2) is 6.10. The number of nitrogens with one attached hydrogen (secondary N) is 2. The summed E-state index contributed by atoms with van der Waals surface area (Å²) in [5.41, 5.74) is -0.415. The van der Waals surface area contributed by atoms with Crippen LogP contribution in [0.5, 0.6) is 0 Å². The second-order valence-corrected chi connectivity index (χ2v) is 6.23. The molecule has 5 heteroatoms. The fourth-order valence-electron chi connectivity index (χ4n) is 2.54. The van der Waals surface area contributed by atoms with Crippen LogP contribution < -0.4 is 10.6 Å². The molecule has 0 radical (unpaired) electrons. The number of benzene rings is 1. The first-order valence-corrected chi connectivity index (χ1v) is 7.27. The molecule has 1 unspecified atom stereocenters. The van der Waals surface area contributed by atoms with E-state index in [4.69, 9.17) is 11.6 Å². The SMILES string of the molecule is CC(C)(C(=O)Nc1cccc(Cl)c1F)C1CCCNC1. The van der Waals surface area contributed by atoms with E-state index < -0.39 is 11.2 Å². The Hall–Kier alpha value is -1.13. The molecule has 1 fully saturated rings. The van der Waals surface area contributed by atoms with Crippen molar-refractivity contribution in [3.63, 3.8) is 0 Å². The number of rotatable bonds is 3. The van der Waals surface area contributed by atoms with Gasteiger partial charge in [0.2, 0.25) is 5.91 Å². The van der Waals surface area contributed by atoms with E-state index in [2.05, 4.69) is 10.6 Å². The zero-order valence-corrected chi connectivity index (χ0v) is 12.6. The molecular formula is C15H20ClFN2O. The number of carbonyl (C=O) groups excluding carboxylic acids is 1. The average Bonchev–Trinajstić information content (AvgIpc) is 2.44. The lowest BCUT2D eigenvalue weighted by atomic mass is 9.74. The Bertz CT molecular complexity index is 499. The van der Waals surface area contributed by atoms with E-state index in [1.54, 1.807) is 6.07 Å². The summed E-state index contributed by atoms with van der Waals surface area (Å²) in [6, 6.07) is 4.60. The molecule has 0 saturated carbocycles. The third-order valence-electron chi connectivity index (χ3n) is 4.10. The Labute approximate surface area is 123 Å². The molecule has 1 aromatic rings. The molecule has 110 valence electrons. The van der Waals surface area contributed by atoms with E-state index in [9.17, 15) is 9.18 Å². The standard InChI is InChI=1S/C15H20ClFN2O/c1-15(2,10-5-4-8-18-9-10)14(20)19-12-7-3-6-11(16)13(12)17/h3,6-7,10,18H,4-5,8-9H2,1-2H3,(H,19,20). The largest absolute Gasteiger partial charge is 0.323 e. The molecule has 1 aliphatic rings. The van der Waals surface area contributed by atoms with Crippen molar-refractivity contribution in [3.05, 3.63) is 29.0 Å². The zero-order chi connectivity index (χ0) is 14.8. The highest BCUT2D eigenvalue weighted by molar-refractivity contribution is 6.31. The van der Waals surface area contributed by atoms with Gasteiger partial charge in [0.05, 0.1) is 10.7 Å². The Morgan fingerprint density at radius 3 is 2.90 bits per heavy atom. The fourth-order valence-corrected chi connectivity index (χ4v) is 2.71. The number of hydrogen-bond acceptors (Lipinski definition) is 2. The van der Waals surface area contributed by atoms with E-state index in [-0.39, 0.29) is 22.5 Å². The normalized spacial score (nSPS) is 19.7. The van der Waals surface area contributed by atoms with Gasteiger partial charge in [0.15, 0.2) is 5.82 Å². The zero-order valence-electron chi connectivity index (χ0n) is 11.8. The van der Waals surface area contributed by atoms with Gasteiger partial charge in [0.25, 0.3) is 0 Å². The molecule has 3 nitrogen and oxygen atoms in total. The predicted molar refractivity (Wildman–Crippen MR) is 79.4 cm³/mol. The van der Waals surface area contributed by atoms with Gasteiger partial charge in [-0.3, -0.25) is 4.79 Å². The van der Waals surface area contributed by atoms with Crippen molar-refractivity contribution in [1.82, 2.24) is 5.32 Å². The van der Waals surface area contributed by atoms with Gasteiger partial charge in [-0.15, -0.1) is 0 Å². The molecule has 1 atom stereocenters. The van der Waals surface area contributed by atoms with Crippen LogP contribution in [-0.4, -0.2) is 19.0 Å². The number of carbonyl (C=O) groups is 1. The van der Waals surface area contributed by atoms with E-state index in [1.807, 2.05) is 13.8 Å². The second-order valence-electron chi connectivity index (χ2n) is 5.82. The Morgan fingerprint density at radius 2 is 2.25 bits per heavy atom. The molecule has 0 bridgehead atoms. The smallest absolute Gasteiger partial charge is 0.230 e. The third kappa shape index (κ3) is 3.13. The van der Waals surface area contributed by atoms with Crippen LogP contribution in [0.25, 0.3) is 0 Å². The van der Waals surface area contributed by atoms with Gasteiger partial charge in [-0.2, -0.15) is 0 Å². The first kappa shape index (κ1) is 15.3. The summed E-state index contributed by atoms with van der Waals surface area (Å²) < 4.78 is 13.8. The summed E-state index contributed by atoms with van der Waals surface area (Å²) in [7, 11) is 0. The Balaban J connectivity index is 2.12. The molecule has 1 aliphatic heterocycles. The lowest BCUT2D eigenvalue weighted by molar-refractivity contribution is -0.127. The highest BCUT2D eigenvalue weighted by atomic mass is 35.5. The minimum absolute atomic E-state index is 0.0138. The van der Waals surface area contributed by atoms with Crippen molar-refractivity contribution in [2.24, 2.45) is 11.3 Å². The van der Waals surface area contributed by atoms with Crippen molar-refractivity contribution >= 4 is 23.2 Å². The first-order valence-electron chi connectivity index (χ1n) is 6.89. The first-order chi connectivity index (χ1) is 9.43. The van der Waals surface area contributed by atoms with Gasteiger partial charge in [0.1, 0.15) is 0 Å². The highest BCUT2D eigenvalue weighted by Crippen LogP contribution is 2.33. The van der Waals surface area contributed by atoms with E-state index in [0.29, 0.717) is 0 Å². The topological polar surface area (TPSA) is 41.1 Å². The minimum Gasteiger partial charge on any atom is -0.323 e. The molecule has 1 aromatic carbocycles. The summed E-state index contributed by atoms with van der Waals surface area (Å²) >= 11 is 5.72. The number of anilines is 1. The molecule has 2 rings (SSSR count). The maximum absolute atomic E-state index is 13.8. The molecule has 2 N–H and O–H groups in total. The summed E-state index contributed by atoms with van der Waals surface area (Å²) in [6.45, 7) is 5.63. The molecule has 1 amide bonds. The van der Waals surface area contributed by atoms with Crippen LogP contribution in [0.4, 0.5) is 10.1 Å². The van der Waals surface area contributed by atoms with E-state index in [0.717, 1.165) is 25.9 Å². The Kier molecular flexibility index (Phi) is 4.66. The van der Waals surface area contributed by atoms with E-state index >= 15 is 0 Å². The van der Waals surface area contributed by atoms with Crippen LogP contribution in [0.2, 0.25) is 5.02 Å². The van der Waals surface area contributed by atoms with Crippen molar-refractivity contribution < 1.29 is 9.18 Å². The quantitative estimate of drug-likeness (QED) is 0.897. The van der Waals surface area contributed by atoms with Gasteiger partial charge in [-0.05, 0) is 44.0 Å². The molecule has 1 heterocycles. The molecule has 1 saturated heterocycles. The van der Waals surface area contributed by atoms with Crippen LogP contribution in [-0.2, 0) is 4.79 Å². The number of hydrogen-bond donors (Lipinski definition) is 2. The van der Waals surface area contributed by atoms with Gasteiger partial charge in [-0.25, -0.2) is 4.39 Å². The van der Waals surface area contributed by atoms with Crippen LogP contribution >= 0.6 is 11.6 Å². The fraction of sp³-hybridized carbons (Fsp3) is 0.533. The minimum atomic E-state index is -0.583. The summed E-state index contributed by atoms with van der Waals surface area (Å²) in [5, 5.41) is 5.98. The summed E-state index contributed by atoms with van der Waals surface area (Å²) in [6.07, 6.45) is 2.07. The lowest BCUT2D eigenvalue weighted by Crippen LogP contribution is -2.44. The van der Waals surface area contributed by atoms with Gasteiger partial charge in [0, 0.05) is 5.41 Å². The molecule has 0 aliphatic carbocycles. The maximum Gasteiger partial charge on any atom is 0.230 e. The van der Waals surface area contributed by atoms with Crippen molar-refractivity contribution in [3.8, 4) is 0 Å². The van der Waals surface area contributed by atoms with Crippen molar-refractivity contribution in [2.45, 2.75) is 26.7 Å². The van der Waals surface area contributed by atoms with Crippen molar-refractivity contribution in [2.75, 3.05) is 18.4 Å². The molecular weight excluding hydrogens is 279 g/mol. The molecule has 20 heavy (non-hydrogen) atoms. The summed E-state index contributed by atoms with van der Waals surface area (Å²) in [5.74, 6) is -0.508. The monoisotopic (exact) mass is 298 g/mol. The van der Waals surface area contributed by atoms with Crippen LogP contribution in [0, 0.1) is 17.2 Å². The maximum atomic E-state index is 13.8. The van der Waals surface area contributed by atoms with Gasteiger partial charge in [-0.1, -0.05) is 31.5 Å². The highest BCUT2D eigenvalue weighted by Gasteiger charge is 2.37. The van der Waals surface area contributed by atoms with E-state index in [1.165, 1.54) is 12.1 Å². The number of halogens is 2. The number of piperidine rings is 1.